The van der Waals surface area contributed by atoms with E-state index in [4.69, 9.17) is 0 Å². The number of nitrogens with zero attached hydrogens (tertiary/aromatic N) is 4. The third-order valence-corrected chi connectivity index (χ3v) is 6.30. The maximum atomic E-state index is 9.19. The van der Waals surface area contributed by atoms with E-state index < -0.39 is 0 Å². The van der Waals surface area contributed by atoms with Crippen molar-refractivity contribution in [2.45, 2.75) is 19.4 Å². The van der Waals surface area contributed by atoms with Crippen molar-refractivity contribution < 1.29 is 14.8 Å². The SMILES string of the molecule is CN=C(SCCCC[n+]1ccc(/C=C/c2ccc(N(CCO)CCO)cc2)cc1)N(C)C. The van der Waals surface area contributed by atoms with Gasteiger partial charge in [0.1, 0.15) is 6.54 Å². The Morgan fingerprint density at radius 1 is 0.938 bits per heavy atom. The minimum atomic E-state index is 0.0691. The molecule has 6 nitrogen and oxygen atoms in total. The number of benzene rings is 1. The lowest BCUT2D eigenvalue weighted by Crippen LogP contribution is -2.32. The van der Waals surface area contributed by atoms with Crippen LogP contribution in [0.3, 0.4) is 0 Å². The summed E-state index contributed by atoms with van der Waals surface area (Å²) in [5.41, 5.74) is 3.28. The zero-order valence-electron chi connectivity index (χ0n) is 19.5. The lowest BCUT2D eigenvalue weighted by molar-refractivity contribution is -0.697. The molecule has 0 saturated carbocycles. The van der Waals surface area contributed by atoms with Crippen molar-refractivity contribution in [1.29, 1.82) is 0 Å². The normalized spacial score (nSPS) is 11.8. The molecule has 2 rings (SSSR count). The Hall–Kier alpha value is -2.35. The number of amidine groups is 1. The number of aryl methyl sites for hydroxylation is 1. The Balaban J connectivity index is 1.80. The van der Waals surface area contributed by atoms with Gasteiger partial charge in [-0.25, -0.2) is 4.57 Å². The second-order valence-corrected chi connectivity index (χ2v) is 8.75. The first kappa shape index (κ1) is 25.9. The third-order valence-electron chi connectivity index (χ3n) is 5.00. The molecule has 7 heteroatoms. The molecule has 0 unspecified atom stereocenters. The van der Waals surface area contributed by atoms with E-state index >= 15 is 0 Å². The maximum absolute atomic E-state index is 9.19. The predicted molar refractivity (Wildman–Crippen MR) is 137 cm³/mol. The minimum absolute atomic E-state index is 0.0691. The number of aliphatic imine (C=N–C) groups is 1. The zero-order valence-corrected chi connectivity index (χ0v) is 20.3. The van der Waals surface area contributed by atoms with Gasteiger partial charge in [-0.2, -0.15) is 0 Å². The Bertz CT molecular complexity index is 830. The second kappa shape index (κ2) is 14.7. The first-order valence-corrected chi connectivity index (χ1v) is 12.1. The number of pyridine rings is 1. The zero-order chi connectivity index (χ0) is 23.2. The van der Waals surface area contributed by atoms with Crippen molar-refractivity contribution in [2.24, 2.45) is 4.99 Å². The molecule has 1 aromatic heterocycles. The average molecular weight is 458 g/mol. The summed E-state index contributed by atoms with van der Waals surface area (Å²) in [5.74, 6) is 1.09. The van der Waals surface area contributed by atoms with Crippen molar-refractivity contribution >= 4 is 34.8 Å². The van der Waals surface area contributed by atoms with Crippen LogP contribution in [0.4, 0.5) is 5.69 Å². The third kappa shape index (κ3) is 9.02. The fraction of sp³-hybridized carbons (Fsp3) is 0.440. The summed E-state index contributed by atoms with van der Waals surface area (Å²) < 4.78 is 2.23. The van der Waals surface area contributed by atoms with E-state index in [1.54, 1.807) is 0 Å². The summed E-state index contributed by atoms with van der Waals surface area (Å²) in [6.07, 6.45) is 10.8. The topological polar surface area (TPSA) is 63.2 Å². The molecule has 1 heterocycles. The Morgan fingerprint density at radius 3 is 2.06 bits per heavy atom. The van der Waals surface area contributed by atoms with Gasteiger partial charge in [0.2, 0.25) is 0 Å². The molecule has 2 aromatic rings. The summed E-state index contributed by atoms with van der Waals surface area (Å²) >= 11 is 1.81. The van der Waals surface area contributed by atoms with Crippen LogP contribution in [-0.2, 0) is 6.54 Å². The number of unbranched alkanes of at least 4 members (excludes halogenated alkanes) is 1. The van der Waals surface area contributed by atoms with Crippen LogP contribution in [-0.4, -0.2) is 73.5 Å². The molecule has 0 aliphatic rings. The number of rotatable bonds is 12. The molecule has 1 aromatic carbocycles. The Kier molecular flexibility index (Phi) is 11.9. The highest BCUT2D eigenvalue weighted by Gasteiger charge is 2.05. The monoisotopic (exact) mass is 457 g/mol. The molecular formula is C25H37N4O2S+. The van der Waals surface area contributed by atoms with E-state index in [1.165, 1.54) is 0 Å². The molecule has 174 valence electrons. The molecule has 2 N–H and O–H groups in total. The number of hydrogen-bond donors (Lipinski definition) is 2. The molecule has 0 radical (unpaired) electrons. The highest BCUT2D eigenvalue weighted by Crippen LogP contribution is 2.16. The van der Waals surface area contributed by atoms with Crippen molar-refractivity contribution in [3.8, 4) is 0 Å². The van der Waals surface area contributed by atoms with Gasteiger partial charge in [0.15, 0.2) is 17.6 Å². The summed E-state index contributed by atoms with van der Waals surface area (Å²) in [4.78, 5) is 8.32. The molecule has 0 aliphatic heterocycles. The van der Waals surface area contributed by atoms with E-state index in [0.717, 1.165) is 47.1 Å². The van der Waals surface area contributed by atoms with Gasteiger partial charge in [-0.1, -0.05) is 36.0 Å². The van der Waals surface area contributed by atoms with Gasteiger partial charge in [-0.05, 0) is 29.7 Å². The summed E-state index contributed by atoms with van der Waals surface area (Å²) in [6.45, 7) is 2.19. The smallest absolute Gasteiger partial charge is 0.169 e. The molecule has 0 amide bonds. The molecule has 0 bridgehead atoms. The summed E-state index contributed by atoms with van der Waals surface area (Å²) in [7, 11) is 5.90. The molecule has 0 spiro atoms. The van der Waals surface area contributed by atoms with E-state index in [1.807, 2.05) is 49.9 Å². The number of anilines is 1. The van der Waals surface area contributed by atoms with Crippen LogP contribution in [0.25, 0.3) is 12.2 Å². The number of thioether (sulfide) groups is 1. The van der Waals surface area contributed by atoms with Gasteiger partial charge in [-0.3, -0.25) is 4.99 Å². The van der Waals surface area contributed by atoms with Gasteiger partial charge < -0.3 is 20.0 Å². The van der Waals surface area contributed by atoms with Gasteiger partial charge in [-0.15, -0.1) is 0 Å². The van der Waals surface area contributed by atoms with Crippen LogP contribution in [0.5, 0.6) is 0 Å². The summed E-state index contributed by atoms with van der Waals surface area (Å²) in [6, 6.07) is 12.4. The Morgan fingerprint density at radius 2 is 1.53 bits per heavy atom. The molecule has 0 saturated heterocycles. The van der Waals surface area contributed by atoms with E-state index in [9.17, 15) is 10.2 Å². The number of hydrogen-bond acceptors (Lipinski definition) is 5. The van der Waals surface area contributed by atoms with Crippen molar-refractivity contribution in [2.75, 3.05) is 58.1 Å². The van der Waals surface area contributed by atoms with Crippen molar-refractivity contribution in [3.63, 3.8) is 0 Å². The molecule has 0 aliphatic carbocycles. The van der Waals surface area contributed by atoms with Crippen LogP contribution < -0.4 is 9.47 Å². The van der Waals surface area contributed by atoms with E-state index in [2.05, 4.69) is 63.3 Å². The maximum Gasteiger partial charge on any atom is 0.169 e. The van der Waals surface area contributed by atoms with Gasteiger partial charge in [0, 0.05) is 64.2 Å². The first-order valence-electron chi connectivity index (χ1n) is 11.1. The highest BCUT2D eigenvalue weighted by atomic mass is 32.2. The van der Waals surface area contributed by atoms with Gasteiger partial charge in [0.25, 0.3) is 0 Å². The lowest BCUT2D eigenvalue weighted by atomic mass is 10.1. The number of aliphatic hydroxyl groups excluding tert-OH is 2. The standard InChI is InChI=1S/C25H37N4O2S/c1-26-25(27(2)3)32-21-5-4-14-28-15-12-23(13-16-28)7-6-22-8-10-24(11-9-22)29(17-19-30)18-20-31/h6-13,15-16,30-31H,4-5,14,17-21H2,1-3H3/q+1. The Labute approximate surface area is 196 Å². The fourth-order valence-corrected chi connectivity index (χ4v) is 4.20. The molecular weight excluding hydrogens is 420 g/mol. The molecule has 0 fully saturated rings. The van der Waals surface area contributed by atoms with Crippen molar-refractivity contribution in [3.05, 3.63) is 59.9 Å². The minimum Gasteiger partial charge on any atom is -0.395 e. The quantitative estimate of drug-likeness (QED) is 0.222. The average Bonchev–Trinajstić information content (AvgIpc) is 2.81. The van der Waals surface area contributed by atoms with E-state index in [0.29, 0.717) is 13.1 Å². The molecule has 0 atom stereocenters. The van der Waals surface area contributed by atoms with Crippen molar-refractivity contribution in [1.82, 2.24) is 4.90 Å². The second-order valence-electron chi connectivity index (χ2n) is 7.68. The van der Waals surface area contributed by atoms with Crippen LogP contribution in [0.2, 0.25) is 0 Å². The van der Waals surface area contributed by atoms with Gasteiger partial charge >= 0.3 is 0 Å². The fourth-order valence-electron chi connectivity index (χ4n) is 3.28. The first-order chi connectivity index (χ1) is 15.6. The highest BCUT2D eigenvalue weighted by molar-refractivity contribution is 8.13. The van der Waals surface area contributed by atoms with Crippen LogP contribution in [0.15, 0.2) is 53.8 Å². The van der Waals surface area contributed by atoms with Crippen LogP contribution in [0, 0.1) is 0 Å². The van der Waals surface area contributed by atoms with Crippen LogP contribution in [0.1, 0.15) is 24.0 Å². The van der Waals surface area contributed by atoms with E-state index in [-0.39, 0.29) is 13.2 Å². The molecule has 32 heavy (non-hydrogen) atoms. The predicted octanol–water partition coefficient (Wildman–Crippen LogP) is 3.00. The lowest BCUT2D eigenvalue weighted by Gasteiger charge is -2.22. The summed E-state index contributed by atoms with van der Waals surface area (Å²) in [5, 5.41) is 19.4. The van der Waals surface area contributed by atoms with Gasteiger partial charge in [0.05, 0.1) is 13.2 Å². The van der Waals surface area contributed by atoms with Crippen LogP contribution >= 0.6 is 11.8 Å². The number of aromatic nitrogens is 1. The number of aliphatic hydroxyl groups is 2. The largest absolute Gasteiger partial charge is 0.395 e.